The summed E-state index contributed by atoms with van der Waals surface area (Å²) in [6.45, 7) is 2.04. The van der Waals surface area contributed by atoms with Gasteiger partial charge in [0.15, 0.2) is 0 Å². The van der Waals surface area contributed by atoms with Gasteiger partial charge in [-0.05, 0) is 30.7 Å². The Labute approximate surface area is 130 Å². The molecule has 2 heterocycles. The molecule has 0 aliphatic rings. The Bertz CT molecular complexity index is 757. The van der Waals surface area contributed by atoms with Gasteiger partial charge in [0, 0.05) is 0 Å². The molecule has 0 aliphatic heterocycles. The van der Waals surface area contributed by atoms with Crippen LogP contribution < -0.4 is 5.32 Å². The number of thiazole rings is 1. The third kappa shape index (κ3) is 2.84. The Kier molecular flexibility index (Phi) is 4.03. The van der Waals surface area contributed by atoms with E-state index in [4.69, 9.17) is 11.6 Å². The summed E-state index contributed by atoms with van der Waals surface area (Å²) in [5, 5.41) is 4.01. The lowest BCUT2D eigenvalue weighted by atomic mass is 10.1. The summed E-state index contributed by atoms with van der Waals surface area (Å²) < 4.78 is 14.1. The summed E-state index contributed by atoms with van der Waals surface area (Å²) in [5.41, 5.74) is 4.23. The first-order chi connectivity index (χ1) is 10.2. The fraction of sp³-hybridized carbons (Fsp3) is 0.200. The molecule has 6 heteroatoms. The van der Waals surface area contributed by atoms with Crippen LogP contribution >= 0.6 is 22.9 Å². The molecular weight excluding hydrogens is 309 g/mol. The Hall–Kier alpha value is -1.72. The Morgan fingerprint density at radius 2 is 2.14 bits per heavy atom. The summed E-state index contributed by atoms with van der Waals surface area (Å²) in [6, 6.07) is 6.87. The zero-order chi connectivity index (χ0) is 14.8. The van der Waals surface area contributed by atoms with Crippen molar-refractivity contribution in [3.05, 3.63) is 52.5 Å². The van der Waals surface area contributed by atoms with E-state index in [2.05, 4.69) is 15.3 Å². The van der Waals surface area contributed by atoms with E-state index in [0.29, 0.717) is 5.02 Å². The van der Waals surface area contributed by atoms with E-state index < -0.39 is 0 Å². The molecule has 108 valence electrons. The molecule has 1 atom stereocenters. The summed E-state index contributed by atoms with van der Waals surface area (Å²) in [4.78, 5) is 8.51. The van der Waals surface area contributed by atoms with Crippen LogP contribution in [0.25, 0.3) is 10.2 Å². The van der Waals surface area contributed by atoms with Crippen molar-refractivity contribution in [2.24, 2.45) is 0 Å². The molecule has 0 bridgehead atoms. The summed E-state index contributed by atoms with van der Waals surface area (Å²) in [7, 11) is 0. The summed E-state index contributed by atoms with van der Waals surface area (Å²) in [5.74, 6) is -0.340. The number of nitrogens with zero attached hydrogens (tertiary/aromatic N) is 2. The van der Waals surface area contributed by atoms with Crippen LogP contribution in [0.3, 0.4) is 0 Å². The fourth-order valence-corrected chi connectivity index (χ4v) is 3.09. The van der Waals surface area contributed by atoms with Gasteiger partial charge in [-0.3, -0.25) is 4.98 Å². The fourth-order valence-electron chi connectivity index (χ4n) is 2.20. The molecule has 2 aromatic heterocycles. The van der Waals surface area contributed by atoms with Gasteiger partial charge in [0.25, 0.3) is 0 Å². The second-order valence-electron chi connectivity index (χ2n) is 4.63. The van der Waals surface area contributed by atoms with Gasteiger partial charge < -0.3 is 5.32 Å². The highest BCUT2D eigenvalue weighted by atomic mass is 35.5. The van der Waals surface area contributed by atoms with Crippen LogP contribution in [-0.2, 0) is 0 Å². The second-order valence-corrected chi connectivity index (χ2v) is 5.92. The molecule has 0 saturated carbocycles. The first-order valence-corrected chi connectivity index (χ1v) is 7.84. The lowest BCUT2D eigenvalue weighted by Gasteiger charge is -2.19. The number of hydrogen-bond acceptors (Lipinski definition) is 4. The highest BCUT2D eigenvalue weighted by Crippen LogP contribution is 2.35. The Morgan fingerprint density at radius 1 is 1.29 bits per heavy atom. The average molecular weight is 322 g/mol. The van der Waals surface area contributed by atoms with Crippen LogP contribution in [0.1, 0.15) is 25.1 Å². The van der Waals surface area contributed by atoms with Gasteiger partial charge in [0.05, 0.1) is 38.9 Å². The van der Waals surface area contributed by atoms with E-state index in [1.54, 1.807) is 22.9 Å². The molecule has 0 aliphatic carbocycles. The quantitative estimate of drug-likeness (QED) is 0.731. The third-order valence-corrected chi connectivity index (χ3v) is 4.39. The Balaban J connectivity index is 1.97. The summed E-state index contributed by atoms with van der Waals surface area (Å²) in [6.07, 6.45) is 2.03. The molecule has 1 unspecified atom stereocenters. The van der Waals surface area contributed by atoms with Gasteiger partial charge in [0.1, 0.15) is 11.3 Å². The topological polar surface area (TPSA) is 37.8 Å². The number of fused-ring (bicyclic) bond motifs is 1. The van der Waals surface area contributed by atoms with E-state index in [-0.39, 0.29) is 11.9 Å². The van der Waals surface area contributed by atoms with Crippen LogP contribution in [-0.4, -0.2) is 9.97 Å². The van der Waals surface area contributed by atoms with E-state index in [1.165, 1.54) is 12.3 Å². The monoisotopic (exact) mass is 321 g/mol. The first kappa shape index (κ1) is 14.2. The average Bonchev–Trinajstić information content (AvgIpc) is 2.96. The molecule has 0 amide bonds. The van der Waals surface area contributed by atoms with Crippen molar-refractivity contribution in [3.63, 3.8) is 0 Å². The molecule has 3 aromatic rings. The van der Waals surface area contributed by atoms with Crippen molar-refractivity contribution in [2.45, 2.75) is 19.4 Å². The van der Waals surface area contributed by atoms with Gasteiger partial charge >= 0.3 is 0 Å². The number of halogens is 2. The van der Waals surface area contributed by atoms with Crippen molar-refractivity contribution in [2.75, 3.05) is 5.32 Å². The van der Waals surface area contributed by atoms with Crippen LogP contribution in [0.5, 0.6) is 0 Å². The number of aromatic nitrogens is 2. The van der Waals surface area contributed by atoms with Crippen molar-refractivity contribution in [1.82, 2.24) is 9.97 Å². The molecule has 0 spiro atoms. The normalized spacial score (nSPS) is 12.5. The minimum atomic E-state index is -0.340. The standard InChI is InChI=1S/C15H13ClFN3S/c1-2-11(12-5-3-9(17)7-18-12)20-14-10(16)4-6-13-15(14)19-8-21-13/h3-8,11,20H,2H2,1H3. The number of pyridine rings is 1. The van der Waals surface area contributed by atoms with E-state index in [0.717, 1.165) is 28.0 Å². The molecule has 0 saturated heterocycles. The van der Waals surface area contributed by atoms with Gasteiger partial charge in [-0.15, -0.1) is 11.3 Å². The van der Waals surface area contributed by atoms with Gasteiger partial charge in [-0.1, -0.05) is 18.5 Å². The number of nitrogens with one attached hydrogen (secondary N) is 1. The first-order valence-electron chi connectivity index (χ1n) is 6.58. The van der Waals surface area contributed by atoms with Gasteiger partial charge in [0.2, 0.25) is 0 Å². The molecule has 1 N–H and O–H groups in total. The number of benzene rings is 1. The maximum absolute atomic E-state index is 13.0. The SMILES string of the molecule is CCC(Nc1c(Cl)ccc2scnc12)c1ccc(F)cn1. The van der Waals surface area contributed by atoms with Gasteiger partial charge in [-0.2, -0.15) is 0 Å². The zero-order valence-electron chi connectivity index (χ0n) is 11.3. The molecule has 0 fully saturated rings. The maximum atomic E-state index is 13.0. The maximum Gasteiger partial charge on any atom is 0.141 e. The number of anilines is 1. The van der Waals surface area contributed by atoms with E-state index >= 15 is 0 Å². The highest BCUT2D eigenvalue weighted by Gasteiger charge is 2.15. The third-order valence-electron chi connectivity index (χ3n) is 3.29. The smallest absolute Gasteiger partial charge is 0.141 e. The molecule has 0 radical (unpaired) electrons. The molecule has 21 heavy (non-hydrogen) atoms. The predicted molar refractivity (Wildman–Crippen MR) is 85.5 cm³/mol. The van der Waals surface area contributed by atoms with Gasteiger partial charge in [-0.25, -0.2) is 9.37 Å². The zero-order valence-corrected chi connectivity index (χ0v) is 12.9. The lowest BCUT2D eigenvalue weighted by molar-refractivity contribution is 0.614. The van der Waals surface area contributed by atoms with Crippen LogP contribution in [0.2, 0.25) is 5.02 Å². The number of rotatable bonds is 4. The van der Waals surface area contributed by atoms with E-state index in [9.17, 15) is 4.39 Å². The van der Waals surface area contributed by atoms with Crippen LogP contribution in [0.4, 0.5) is 10.1 Å². The van der Waals surface area contributed by atoms with Crippen LogP contribution in [0, 0.1) is 5.82 Å². The van der Waals surface area contributed by atoms with Crippen molar-refractivity contribution in [3.8, 4) is 0 Å². The van der Waals surface area contributed by atoms with Crippen molar-refractivity contribution in [1.29, 1.82) is 0 Å². The highest BCUT2D eigenvalue weighted by molar-refractivity contribution is 7.16. The largest absolute Gasteiger partial charge is 0.374 e. The van der Waals surface area contributed by atoms with Crippen molar-refractivity contribution < 1.29 is 4.39 Å². The molecule has 3 nitrogen and oxygen atoms in total. The summed E-state index contributed by atoms with van der Waals surface area (Å²) >= 11 is 7.86. The molecular formula is C15H13ClFN3S. The minimum Gasteiger partial charge on any atom is -0.374 e. The lowest BCUT2D eigenvalue weighted by Crippen LogP contribution is -2.12. The Morgan fingerprint density at radius 3 is 2.86 bits per heavy atom. The van der Waals surface area contributed by atoms with Crippen molar-refractivity contribution >= 4 is 38.8 Å². The minimum absolute atomic E-state index is 0.0459. The predicted octanol–water partition coefficient (Wildman–Crippen LogP) is 5.05. The molecule has 1 aromatic carbocycles. The van der Waals surface area contributed by atoms with Crippen LogP contribution in [0.15, 0.2) is 36.0 Å². The van der Waals surface area contributed by atoms with E-state index in [1.807, 2.05) is 19.1 Å². The number of hydrogen-bond donors (Lipinski definition) is 1. The molecule has 3 rings (SSSR count). The second kappa shape index (κ2) is 5.95.